The van der Waals surface area contributed by atoms with Gasteiger partial charge >= 0.3 is 0 Å². The average molecular weight is 216 g/mol. The van der Waals surface area contributed by atoms with Crippen molar-refractivity contribution >= 4 is 10.9 Å². The zero-order chi connectivity index (χ0) is 11.5. The van der Waals surface area contributed by atoms with Crippen LogP contribution >= 0.6 is 0 Å². The van der Waals surface area contributed by atoms with Crippen LogP contribution in [-0.4, -0.2) is 11.1 Å². The molecular weight excluding hydrogens is 200 g/mol. The maximum atomic E-state index is 11.8. The molecule has 0 aliphatic rings. The van der Waals surface area contributed by atoms with Crippen LogP contribution in [0.3, 0.4) is 0 Å². The number of fused-ring (bicyclic) bond motifs is 1. The van der Waals surface area contributed by atoms with Crippen molar-refractivity contribution in [1.29, 1.82) is 0 Å². The van der Waals surface area contributed by atoms with Crippen LogP contribution in [0.2, 0.25) is 0 Å². The van der Waals surface area contributed by atoms with Gasteiger partial charge in [0.1, 0.15) is 0 Å². The van der Waals surface area contributed by atoms with Gasteiger partial charge < -0.3 is 10.3 Å². The highest BCUT2D eigenvalue weighted by atomic mass is 16.1. The van der Waals surface area contributed by atoms with Crippen molar-refractivity contribution in [1.82, 2.24) is 4.57 Å². The van der Waals surface area contributed by atoms with E-state index < -0.39 is 0 Å². The van der Waals surface area contributed by atoms with Gasteiger partial charge in [0.25, 0.3) is 0 Å². The highest BCUT2D eigenvalue weighted by Crippen LogP contribution is 2.16. The Labute approximate surface area is 94.5 Å². The lowest BCUT2D eigenvalue weighted by molar-refractivity contribution is 0.725. The van der Waals surface area contributed by atoms with Gasteiger partial charge in [0.2, 0.25) is 0 Å². The van der Waals surface area contributed by atoms with Crippen molar-refractivity contribution in [2.75, 3.05) is 6.54 Å². The molecule has 0 fully saturated rings. The first-order valence-corrected chi connectivity index (χ1v) is 5.59. The highest BCUT2D eigenvalue weighted by Gasteiger charge is 2.05. The lowest BCUT2D eigenvalue weighted by Gasteiger charge is -2.12. The van der Waals surface area contributed by atoms with Crippen LogP contribution in [0, 0.1) is 0 Å². The molecule has 0 amide bonds. The van der Waals surface area contributed by atoms with Crippen LogP contribution in [0.15, 0.2) is 35.3 Å². The number of nitrogens with zero attached hydrogens (tertiary/aromatic N) is 1. The van der Waals surface area contributed by atoms with E-state index in [-0.39, 0.29) is 5.43 Å². The van der Waals surface area contributed by atoms with Gasteiger partial charge in [-0.15, -0.1) is 0 Å². The molecule has 0 saturated carbocycles. The van der Waals surface area contributed by atoms with Crippen LogP contribution in [0.5, 0.6) is 0 Å². The molecule has 1 aromatic heterocycles. The standard InChI is InChI=1S/C13H16N2O/c1-2-10-4-3-5-11-12(16)6-8-15(9-7-14)13(10)11/h3-6,8H,2,7,9,14H2,1H3. The highest BCUT2D eigenvalue weighted by molar-refractivity contribution is 5.82. The van der Waals surface area contributed by atoms with Crippen LogP contribution < -0.4 is 11.2 Å². The summed E-state index contributed by atoms with van der Waals surface area (Å²) >= 11 is 0. The zero-order valence-electron chi connectivity index (χ0n) is 9.44. The average Bonchev–Trinajstić information content (AvgIpc) is 2.32. The maximum Gasteiger partial charge on any atom is 0.189 e. The molecule has 0 atom stereocenters. The van der Waals surface area contributed by atoms with Gasteiger partial charge in [0.05, 0.1) is 5.52 Å². The number of aromatic nitrogens is 1. The van der Waals surface area contributed by atoms with E-state index in [4.69, 9.17) is 5.73 Å². The van der Waals surface area contributed by atoms with Crippen LogP contribution in [0.4, 0.5) is 0 Å². The summed E-state index contributed by atoms with van der Waals surface area (Å²) in [6.07, 6.45) is 2.75. The molecule has 1 heterocycles. The van der Waals surface area contributed by atoms with Crippen molar-refractivity contribution in [3.8, 4) is 0 Å². The second-order valence-electron chi connectivity index (χ2n) is 3.83. The first-order valence-electron chi connectivity index (χ1n) is 5.59. The molecule has 0 radical (unpaired) electrons. The van der Waals surface area contributed by atoms with Gasteiger partial charge in [-0.1, -0.05) is 19.1 Å². The van der Waals surface area contributed by atoms with E-state index in [1.54, 1.807) is 6.07 Å². The Balaban J connectivity index is 2.82. The van der Waals surface area contributed by atoms with E-state index in [1.165, 1.54) is 5.56 Å². The summed E-state index contributed by atoms with van der Waals surface area (Å²) in [4.78, 5) is 11.8. The Hall–Kier alpha value is -1.61. The van der Waals surface area contributed by atoms with Crippen molar-refractivity contribution in [3.05, 3.63) is 46.2 Å². The number of hydrogen-bond acceptors (Lipinski definition) is 2. The van der Waals surface area contributed by atoms with Crippen molar-refractivity contribution in [3.63, 3.8) is 0 Å². The summed E-state index contributed by atoms with van der Waals surface area (Å²) in [6, 6.07) is 7.49. The SMILES string of the molecule is CCc1cccc2c(=O)ccn(CCN)c12. The Morgan fingerprint density at radius 2 is 2.12 bits per heavy atom. The van der Waals surface area contributed by atoms with Gasteiger partial charge in [-0.05, 0) is 18.1 Å². The first kappa shape index (κ1) is 10.9. The predicted molar refractivity (Wildman–Crippen MR) is 66.6 cm³/mol. The third-order valence-corrected chi connectivity index (χ3v) is 2.83. The monoisotopic (exact) mass is 216 g/mol. The molecule has 0 bridgehead atoms. The lowest BCUT2D eigenvalue weighted by atomic mass is 10.1. The van der Waals surface area contributed by atoms with Crippen LogP contribution in [0.25, 0.3) is 10.9 Å². The molecule has 0 aliphatic heterocycles. The van der Waals surface area contributed by atoms with Gasteiger partial charge in [-0.25, -0.2) is 0 Å². The molecule has 3 heteroatoms. The Kier molecular flexibility index (Phi) is 3.06. The topological polar surface area (TPSA) is 48.0 Å². The third kappa shape index (κ3) is 1.74. The fourth-order valence-electron chi connectivity index (χ4n) is 2.06. The molecule has 2 aromatic rings. The van der Waals surface area contributed by atoms with Crippen LogP contribution in [0.1, 0.15) is 12.5 Å². The summed E-state index contributed by atoms with van der Waals surface area (Å²) in [6.45, 7) is 3.42. The molecule has 3 nitrogen and oxygen atoms in total. The van der Waals surface area contributed by atoms with Gasteiger partial charge in [0.15, 0.2) is 5.43 Å². The molecule has 0 unspecified atom stereocenters. The fraction of sp³-hybridized carbons (Fsp3) is 0.308. The third-order valence-electron chi connectivity index (χ3n) is 2.83. The summed E-state index contributed by atoms with van der Waals surface area (Å²) in [5.74, 6) is 0. The second kappa shape index (κ2) is 4.49. The summed E-state index contributed by atoms with van der Waals surface area (Å²) in [5.41, 5.74) is 7.89. The number of nitrogens with two attached hydrogens (primary N) is 1. The van der Waals surface area contributed by atoms with E-state index in [2.05, 4.69) is 17.6 Å². The summed E-state index contributed by atoms with van der Waals surface area (Å²) < 4.78 is 2.07. The number of para-hydroxylation sites is 1. The molecule has 16 heavy (non-hydrogen) atoms. The molecule has 0 saturated heterocycles. The number of rotatable bonds is 3. The Morgan fingerprint density at radius 3 is 2.81 bits per heavy atom. The van der Waals surface area contributed by atoms with Crippen LogP contribution in [-0.2, 0) is 13.0 Å². The number of hydrogen-bond donors (Lipinski definition) is 1. The van der Waals surface area contributed by atoms with E-state index in [0.29, 0.717) is 6.54 Å². The van der Waals surface area contributed by atoms with Gasteiger partial charge in [0, 0.05) is 30.7 Å². The molecule has 0 spiro atoms. The summed E-state index contributed by atoms with van der Waals surface area (Å²) in [5, 5.41) is 0.787. The van der Waals surface area contributed by atoms with E-state index in [0.717, 1.165) is 23.9 Å². The summed E-state index contributed by atoms with van der Waals surface area (Å²) in [7, 11) is 0. The van der Waals surface area contributed by atoms with Gasteiger partial charge in [-0.2, -0.15) is 0 Å². The largest absolute Gasteiger partial charge is 0.346 e. The first-order chi connectivity index (χ1) is 7.77. The quantitative estimate of drug-likeness (QED) is 0.845. The minimum atomic E-state index is 0.0820. The lowest BCUT2D eigenvalue weighted by Crippen LogP contribution is -2.14. The molecule has 2 N–H and O–H groups in total. The maximum absolute atomic E-state index is 11.8. The van der Waals surface area contributed by atoms with Crippen molar-refractivity contribution < 1.29 is 0 Å². The molecule has 0 aliphatic carbocycles. The minimum absolute atomic E-state index is 0.0820. The zero-order valence-corrected chi connectivity index (χ0v) is 9.44. The second-order valence-corrected chi connectivity index (χ2v) is 3.83. The minimum Gasteiger partial charge on any atom is -0.346 e. The van der Waals surface area contributed by atoms with E-state index in [9.17, 15) is 4.79 Å². The Bertz CT molecular complexity index is 557. The number of pyridine rings is 1. The fourth-order valence-corrected chi connectivity index (χ4v) is 2.06. The van der Waals surface area contributed by atoms with E-state index >= 15 is 0 Å². The molecular formula is C13H16N2O. The predicted octanol–water partition coefficient (Wildman–Crippen LogP) is 1.52. The normalized spacial score (nSPS) is 10.9. The van der Waals surface area contributed by atoms with Crippen molar-refractivity contribution in [2.24, 2.45) is 5.73 Å². The van der Waals surface area contributed by atoms with Gasteiger partial charge in [-0.3, -0.25) is 4.79 Å². The molecule has 1 aromatic carbocycles. The molecule has 84 valence electrons. The number of aryl methyl sites for hydroxylation is 1. The molecule has 2 rings (SSSR count). The Morgan fingerprint density at radius 1 is 1.31 bits per heavy atom. The van der Waals surface area contributed by atoms with E-state index in [1.807, 2.05) is 18.3 Å². The van der Waals surface area contributed by atoms with Crippen molar-refractivity contribution in [2.45, 2.75) is 19.9 Å². The smallest absolute Gasteiger partial charge is 0.189 e. The number of benzene rings is 1.